The van der Waals surface area contributed by atoms with Gasteiger partial charge >= 0.3 is 31.1 Å². The van der Waals surface area contributed by atoms with E-state index in [1.807, 2.05) is 164 Å². The third kappa shape index (κ3) is 35.4. The molecule has 10 aliphatic rings. The van der Waals surface area contributed by atoms with Crippen molar-refractivity contribution >= 4 is 101 Å². The van der Waals surface area contributed by atoms with E-state index in [2.05, 4.69) is 141 Å². The number of hydrogen-bond donors (Lipinski definition) is 8. The number of aliphatic hydroxyl groups excluding tert-OH is 1. The number of nitrogen functional groups attached to an aromatic ring is 4. The summed E-state index contributed by atoms with van der Waals surface area (Å²) in [6.07, 6.45) is 25.3. The number of thiol groups is 2. The number of phenolic OH excluding ortho intramolecular Hbond substituents is 1. The molecule has 0 aromatic heterocycles. The van der Waals surface area contributed by atoms with Gasteiger partial charge in [-0.2, -0.15) is 25.3 Å². The number of hydrogen-bond acceptors (Lipinski definition) is 24. The second-order valence-electron chi connectivity index (χ2n) is 43.9. The molecule has 146 heavy (non-hydrogen) atoms. The fraction of sp³-hybridized carbons (Fsp3) is 0.578. The summed E-state index contributed by atoms with van der Waals surface area (Å²) in [5.74, 6) is 5.83. The minimum absolute atomic E-state index is 0. The number of anilines is 4. The van der Waals surface area contributed by atoms with E-state index in [0.717, 1.165) is 206 Å². The van der Waals surface area contributed by atoms with Crippen LogP contribution in [0.1, 0.15) is 311 Å². The first-order valence-corrected chi connectivity index (χ1v) is 54.2. The molecule has 0 spiro atoms. The van der Waals surface area contributed by atoms with Crippen molar-refractivity contribution in [1.82, 2.24) is 14.7 Å². The Balaban J connectivity index is 0.000000228. The van der Waals surface area contributed by atoms with E-state index < -0.39 is 16.8 Å². The van der Waals surface area contributed by atoms with Crippen LogP contribution in [0.4, 0.5) is 42.8 Å². The molecule has 0 bridgehead atoms. The molecular weight excluding hydrogens is 1950 g/mol. The van der Waals surface area contributed by atoms with Gasteiger partial charge in [0.05, 0.1) is 81.6 Å². The first kappa shape index (κ1) is 123. The van der Waals surface area contributed by atoms with Crippen molar-refractivity contribution in [3.05, 3.63) is 200 Å². The monoisotopic (exact) mass is 2120 g/mol. The van der Waals surface area contributed by atoms with Gasteiger partial charge in [0.1, 0.15) is 51.3 Å². The number of phenols is 1. The van der Waals surface area contributed by atoms with E-state index in [4.69, 9.17) is 80.0 Å². The van der Waals surface area contributed by atoms with Gasteiger partial charge in [-0.05, 0) is 424 Å². The van der Waals surface area contributed by atoms with Crippen LogP contribution < -0.4 is 51.4 Å². The maximum Gasteiger partial charge on any atom is 0.490 e. The van der Waals surface area contributed by atoms with Crippen molar-refractivity contribution < 1.29 is 81.5 Å². The van der Waals surface area contributed by atoms with Gasteiger partial charge in [-0.25, -0.2) is 14.4 Å². The van der Waals surface area contributed by atoms with E-state index in [0.29, 0.717) is 62.2 Å². The number of aryl methyl sites for hydroxylation is 11. The average Bonchev–Trinajstić information content (AvgIpc) is 1.27. The maximum absolute atomic E-state index is 12.3. The minimum atomic E-state index is -0.471. The van der Waals surface area contributed by atoms with Crippen LogP contribution >= 0.6 is 41.2 Å². The Bertz CT molecular complexity index is 5610. The third-order valence-electron chi connectivity index (χ3n) is 26.9. The summed E-state index contributed by atoms with van der Waals surface area (Å²) in [6.45, 7) is 57.6. The summed E-state index contributed by atoms with van der Waals surface area (Å²) in [4.78, 5) is 52.4. The first-order chi connectivity index (χ1) is 67.9. The predicted octanol–water partition coefficient (Wildman–Crippen LogP) is 26.3. The minimum Gasteiger partial charge on any atom is -0.508 e. The fourth-order valence-corrected chi connectivity index (χ4v) is 19.3. The number of fused-ring (bicyclic) bond motifs is 6. The van der Waals surface area contributed by atoms with Gasteiger partial charge in [0.2, 0.25) is 5.75 Å². The Kier molecular flexibility index (Phi) is 46.0. The van der Waals surface area contributed by atoms with E-state index >= 15 is 0 Å². The van der Waals surface area contributed by atoms with Gasteiger partial charge in [0.25, 0.3) is 0 Å². The Labute approximate surface area is 892 Å². The van der Waals surface area contributed by atoms with E-state index in [1.165, 1.54) is 72.3 Å². The number of nitrogens with zero attached hydrogens (tertiary/aromatic N) is 4. The molecule has 2 saturated heterocycles. The number of aromatic hydroxyl groups is 1. The largest absolute Gasteiger partial charge is 0.508 e. The molecule has 3 amide bonds. The molecule has 10 N–H and O–H groups in total. The van der Waals surface area contributed by atoms with E-state index in [1.54, 1.807) is 41.4 Å². The highest BCUT2D eigenvalue weighted by Gasteiger charge is 2.53. The number of carbonyl (C=O) groups is 3. The molecule has 2 fully saturated rings. The zero-order chi connectivity index (χ0) is 108. The quantitative estimate of drug-likeness (QED) is 0.0183. The molecule has 7 atom stereocenters. The van der Waals surface area contributed by atoms with Crippen LogP contribution in [-0.2, 0) is 68.5 Å². The zero-order valence-corrected chi connectivity index (χ0v) is 95.5. The summed E-state index contributed by atoms with van der Waals surface area (Å²) in [7, 11) is -0.314. The smallest absolute Gasteiger partial charge is 0.490 e. The van der Waals surface area contributed by atoms with Gasteiger partial charge in [-0.3, -0.25) is 10.1 Å². The Morgan fingerprint density at radius 1 is 0.486 bits per heavy atom. The SMILES string of the molecule is C.CC(C)(C)OC(=O)N1CC=C(B2OC(C)(C)C(C)(C)O2)CC1.CS.CS.Cc1cc(N)c2c(c1)CCC(C)O2.Cc1cc(N)c2c(c1Br)CCC(C)O2.Cc1cc(N)c2c(c1C1=CCN(C(=O)OC(C)(C)C)CC1)CCC(C)O2.Cc1cc(N)c2c(c1C1CCN(C(=O)OC(C)(C)C)CC1)CCC(C)O2.Cc1cc2c(c([N+](=O)[O-])c1)OC(C)CC2.Cc1ccc(O)c(CCC(C)O)c1.Cc1ccc2c(c1)CCC(C)O2. The number of rotatable bonds is 7. The zero-order valence-electron chi connectivity index (χ0n) is 92.1. The summed E-state index contributed by atoms with van der Waals surface area (Å²) >= 11 is 10.6. The molecule has 0 saturated carbocycles. The van der Waals surface area contributed by atoms with Crippen LogP contribution in [0.25, 0.3) is 5.57 Å². The number of likely N-dealkylation sites (tertiary alicyclic amines) is 1. The lowest BCUT2D eigenvalue weighted by molar-refractivity contribution is -0.386. The fourth-order valence-electron chi connectivity index (χ4n) is 18.8. The molecule has 10 heterocycles. The van der Waals surface area contributed by atoms with Crippen molar-refractivity contribution in [3.8, 4) is 40.2 Å². The molecule has 0 radical (unpaired) electrons. The number of piperidine rings is 1. The summed E-state index contributed by atoms with van der Waals surface area (Å²) in [5.41, 5.74) is 46.8. The Hall–Kier alpha value is -9.85. The summed E-state index contributed by atoms with van der Waals surface area (Å²) in [6, 6.07) is 25.6. The number of aliphatic hydroxyl groups is 1. The molecule has 26 nitrogen and oxygen atoms in total. The summed E-state index contributed by atoms with van der Waals surface area (Å²) < 4.78 is 64.4. The molecular formula is C116H174BBrN8O18S2. The van der Waals surface area contributed by atoms with Crippen LogP contribution in [-0.4, -0.2) is 178 Å². The molecule has 7 unspecified atom stereocenters. The molecule has 0 aliphatic carbocycles. The Morgan fingerprint density at radius 2 is 0.884 bits per heavy atom. The van der Waals surface area contributed by atoms with Gasteiger partial charge in [0, 0.05) is 72.1 Å². The number of carbonyl (C=O) groups excluding carboxylic acids is 3. The molecule has 7 aromatic carbocycles. The normalized spacial score (nSPS) is 19.7. The molecule has 17 rings (SSSR count). The van der Waals surface area contributed by atoms with Gasteiger partial charge in [0.15, 0.2) is 0 Å². The van der Waals surface area contributed by atoms with E-state index in [-0.39, 0.29) is 85.2 Å². The molecule has 10 aliphatic heterocycles. The van der Waals surface area contributed by atoms with Crippen molar-refractivity contribution in [2.45, 2.75) is 387 Å². The van der Waals surface area contributed by atoms with Crippen LogP contribution in [0.2, 0.25) is 0 Å². The van der Waals surface area contributed by atoms with Crippen LogP contribution in [0.15, 0.2) is 101 Å². The highest BCUT2D eigenvalue weighted by atomic mass is 79.9. The predicted molar refractivity (Wildman–Crippen MR) is 606 cm³/mol. The number of benzene rings is 7. The van der Waals surface area contributed by atoms with Gasteiger partial charge in [-0.1, -0.05) is 83.0 Å². The van der Waals surface area contributed by atoms with Crippen LogP contribution in [0.3, 0.4) is 0 Å². The maximum atomic E-state index is 12.3. The standard InChI is InChI=1S/C21H32N2O3.C21H30N2O3.C16H28BNO4.C11H14BrNO.C11H13NO3.C11H15NO.C11H16O2.C11H14O.2CH4S.CH4/c2*1-13-12-17(22)19-16(7-6-14(2)25-19)18(13)15-8-10-23(11-9-15)20(24)26-21(3,4)5;1-14(2,3)20-13(19)18-10-8-12(9-11-18)17-21-15(4,5)16(6,7)22-17;1-6-5-9(13)11-8(10(6)12)4-3-7(2)14-11;1-7-5-9-4-3-8(2)15-11(9)10(6-7)12(13)14;1-7-5-9-4-3-8(2)13-11(9)10(12)6-7;1-8-3-6-11(13)10(7-8)5-4-9(2)12;1-8-3-6-11-10(7-8)5-4-9(2)12-11;2*1-2;/h12,14-15H,6-11,22H2,1-5H3;8,12,14H,6-7,9-11,22H2,1-5H3;8H,9-11H2,1-7H3;5,7H,3-4,13H2,1-2H3;5-6,8H,3-4H2,1-2H3;5-6,8H,3-4,12H2,1-2H3;3,6-7,9,12-13H,4-5H2,1-2H3;3,6-7,9H,4-5H2,1-2H3;2*2H,1H3;1H4. The summed E-state index contributed by atoms with van der Waals surface area (Å²) in [5, 5.41) is 29.4. The number of nitro groups is 1. The van der Waals surface area contributed by atoms with Crippen molar-refractivity contribution in [3.63, 3.8) is 0 Å². The van der Waals surface area contributed by atoms with Crippen molar-refractivity contribution in [2.75, 3.05) is 74.7 Å². The average molecular weight is 2120 g/mol. The van der Waals surface area contributed by atoms with Gasteiger partial charge < -0.3 is 99.8 Å². The third-order valence-corrected chi connectivity index (χ3v) is 28.0. The first-order valence-electron chi connectivity index (χ1n) is 51.6. The van der Waals surface area contributed by atoms with E-state index in [9.17, 15) is 29.6 Å². The van der Waals surface area contributed by atoms with Crippen molar-refractivity contribution in [1.29, 1.82) is 0 Å². The van der Waals surface area contributed by atoms with Gasteiger partial charge in [-0.15, -0.1) is 0 Å². The lowest BCUT2D eigenvalue weighted by Crippen LogP contribution is -2.41. The molecule has 7 aromatic rings. The second-order valence-corrected chi connectivity index (χ2v) is 44.7. The lowest BCUT2D eigenvalue weighted by atomic mass is 9.75. The lowest BCUT2D eigenvalue weighted by Gasteiger charge is -2.36. The number of halogens is 1. The topological polar surface area (TPSA) is 350 Å². The molecule has 30 heteroatoms. The number of nitro benzene ring substituents is 1. The highest BCUT2D eigenvalue weighted by Crippen LogP contribution is 2.48. The number of amides is 3. The van der Waals surface area contributed by atoms with Crippen LogP contribution in [0.5, 0.6) is 40.2 Å². The number of nitrogens with two attached hydrogens (primary N) is 4. The highest BCUT2D eigenvalue weighted by molar-refractivity contribution is 9.10. The molecule has 808 valence electrons. The second kappa shape index (κ2) is 54.6. The van der Waals surface area contributed by atoms with Crippen LogP contribution in [0, 0.1) is 58.6 Å². The Morgan fingerprint density at radius 3 is 1.37 bits per heavy atom. The number of ether oxygens (including phenoxy) is 9. The van der Waals surface area contributed by atoms with Crippen molar-refractivity contribution in [2.24, 2.45) is 0 Å².